The minimum atomic E-state index is 0.0567. The number of hydrogen-bond acceptors (Lipinski definition) is 5. The van der Waals surface area contributed by atoms with E-state index < -0.39 is 0 Å². The lowest BCUT2D eigenvalue weighted by atomic mass is 9.86. The average Bonchev–Trinajstić information content (AvgIpc) is 2.73. The number of hydrogen-bond donors (Lipinski definition) is 1. The summed E-state index contributed by atoms with van der Waals surface area (Å²) in [5, 5.41) is 3.02. The lowest BCUT2D eigenvalue weighted by molar-refractivity contribution is -0.120. The highest BCUT2D eigenvalue weighted by molar-refractivity contribution is 5.76. The second-order valence-corrected chi connectivity index (χ2v) is 7.20. The lowest BCUT2D eigenvalue weighted by Gasteiger charge is -2.49. The van der Waals surface area contributed by atoms with Crippen LogP contribution in [0.5, 0.6) is 0 Å². The molecular formula is C18H29N5O. The SMILES string of the molecule is CCCc1nc(C)cc(N2CCN(C)C3(CCNC(=O)CC3)C2)n1. The summed E-state index contributed by atoms with van der Waals surface area (Å²) in [6.07, 6.45) is 4.51. The summed E-state index contributed by atoms with van der Waals surface area (Å²) in [4.78, 5) is 26.0. The number of likely N-dealkylation sites (N-methyl/N-ethyl adjacent to an activating group) is 1. The molecule has 0 bridgehead atoms. The zero-order chi connectivity index (χ0) is 17.2. The monoisotopic (exact) mass is 331 g/mol. The zero-order valence-corrected chi connectivity index (χ0v) is 15.1. The van der Waals surface area contributed by atoms with Gasteiger partial charge in [0.25, 0.3) is 0 Å². The van der Waals surface area contributed by atoms with Crippen LogP contribution in [0.15, 0.2) is 6.07 Å². The highest BCUT2D eigenvalue weighted by atomic mass is 16.1. The summed E-state index contributed by atoms with van der Waals surface area (Å²) < 4.78 is 0. The normalized spacial score (nSPS) is 25.6. The molecule has 132 valence electrons. The van der Waals surface area contributed by atoms with Gasteiger partial charge in [0.2, 0.25) is 5.91 Å². The van der Waals surface area contributed by atoms with Crippen LogP contribution < -0.4 is 10.2 Å². The number of nitrogens with zero attached hydrogens (tertiary/aromatic N) is 4. The fourth-order valence-electron chi connectivity index (χ4n) is 3.90. The van der Waals surface area contributed by atoms with Gasteiger partial charge in [-0.1, -0.05) is 6.92 Å². The van der Waals surface area contributed by atoms with E-state index in [4.69, 9.17) is 4.98 Å². The van der Waals surface area contributed by atoms with Gasteiger partial charge in [-0.15, -0.1) is 0 Å². The number of aryl methyl sites for hydroxylation is 2. The average molecular weight is 331 g/mol. The van der Waals surface area contributed by atoms with Gasteiger partial charge in [-0.2, -0.15) is 0 Å². The number of carbonyl (C=O) groups excluding carboxylic acids is 1. The van der Waals surface area contributed by atoms with Gasteiger partial charge in [-0.25, -0.2) is 9.97 Å². The standard InChI is InChI=1S/C18H29N5O/c1-4-5-15-20-14(2)12-16(21-15)23-11-10-22(3)18(13-23)7-6-17(24)19-9-8-18/h12H,4-11,13H2,1-3H3,(H,19,24). The van der Waals surface area contributed by atoms with Gasteiger partial charge < -0.3 is 10.2 Å². The van der Waals surface area contributed by atoms with Gasteiger partial charge in [0.15, 0.2) is 0 Å². The predicted octanol–water partition coefficient (Wildman–Crippen LogP) is 1.53. The van der Waals surface area contributed by atoms with Crippen LogP contribution >= 0.6 is 0 Å². The third-order valence-corrected chi connectivity index (χ3v) is 5.41. The topological polar surface area (TPSA) is 61.4 Å². The molecule has 6 nitrogen and oxygen atoms in total. The fraction of sp³-hybridized carbons (Fsp3) is 0.722. The molecule has 1 aromatic heterocycles. The summed E-state index contributed by atoms with van der Waals surface area (Å²) in [6.45, 7) is 7.87. The molecule has 1 N–H and O–H groups in total. The largest absolute Gasteiger partial charge is 0.356 e. The van der Waals surface area contributed by atoms with Crippen molar-refractivity contribution < 1.29 is 4.79 Å². The molecule has 1 unspecified atom stereocenters. The Labute approximate surface area is 144 Å². The zero-order valence-electron chi connectivity index (χ0n) is 15.1. The number of piperazine rings is 1. The van der Waals surface area contributed by atoms with E-state index in [0.29, 0.717) is 6.42 Å². The maximum Gasteiger partial charge on any atom is 0.220 e. The van der Waals surface area contributed by atoms with Crippen LogP contribution in [0, 0.1) is 6.92 Å². The van der Waals surface area contributed by atoms with Gasteiger partial charge in [0.1, 0.15) is 11.6 Å². The molecule has 0 aromatic carbocycles. The van der Waals surface area contributed by atoms with E-state index in [1.165, 1.54) is 0 Å². The van der Waals surface area contributed by atoms with E-state index in [0.717, 1.165) is 69.2 Å². The van der Waals surface area contributed by atoms with Crippen molar-refractivity contribution in [2.24, 2.45) is 0 Å². The molecule has 2 saturated heterocycles. The van der Waals surface area contributed by atoms with Crippen molar-refractivity contribution in [2.45, 2.75) is 51.5 Å². The molecule has 0 saturated carbocycles. The quantitative estimate of drug-likeness (QED) is 0.910. The van der Waals surface area contributed by atoms with Gasteiger partial charge in [0.05, 0.1) is 0 Å². The van der Waals surface area contributed by atoms with Crippen LogP contribution in [-0.4, -0.2) is 59.5 Å². The Morgan fingerprint density at radius 3 is 2.92 bits per heavy atom. The first kappa shape index (κ1) is 17.1. The van der Waals surface area contributed by atoms with Crippen molar-refractivity contribution >= 4 is 11.7 Å². The first-order valence-electron chi connectivity index (χ1n) is 9.10. The Hall–Kier alpha value is -1.69. The van der Waals surface area contributed by atoms with Gasteiger partial charge in [-0.3, -0.25) is 9.69 Å². The van der Waals surface area contributed by atoms with E-state index in [1.807, 2.05) is 6.92 Å². The van der Waals surface area contributed by atoms with Gasteiger partial charge >= 0.3 is 0 Å². The Balaban J connectivity index is 1.83. The summed E-state index contributed by atoms with van der Waals surface area (Å²) >= 11 is 0. The molecule has 3 heterocycles. The molecular weight excluding hydrogens is 302 g/mol. The van der Waals surface area contributed by atoms with E-state index in [9.17, 15) is 4.79 Å². The summed E-state index contributed by atoms with van der Waals surface area (Å²) in [5.74, 6) is 2.17. The van der Waals surface area contributed by atoms with Crippen LogP contribution in [0.25, 0.3) is 0 Å². The van der Waals surface area contributed by atoms with Crippen LogP contribution in [0.2, 0.25) is 0 Å². The summed E-state index contributed by atoms with van der Waals surface area (Å²) in [6, 6.07) is 2.10. The predicted molar refractivity (Wildman–Crippen MR) is 95.2 cm³/mol. The summed E-state index contributed by atoms with van der Waals surface area (Å²) in [5.41, 5.74) is 1.09. The molecule has 2 aliphatic heterocycles. The number of aromatic nitrogens is 2. The molecule has 0 aliphatic carbocycles. The highest BCUT2D eigenvalue weighted by Crippen LogP contribution is 2.32. The van der Waals surface area contributed by atoms with Gasteiger partial charge in [0, 0.05) is 56.3 Å². The Kier molecular flexibility index (Phi) is 5.04. The lowest BCUT2D eigenvalue weighted by Crippen LogP contribution is -2.61. The number of carbonyl (C=O) groups is 1. The van der Waals surface area contributed by atoms with Crippen molar-refractivity contribution in [3.8, 4) is 0 Å². The van der Waals surface area contributed by atoms with E-state index in [2.05, 4.69) is 40.1 Å². The maximum atomic E-state index is 11.8. The van der Waals surface area contributed by atoms with E-state index >= 15 is 0 Å². The third-order valence-electron chi connectivity index (χ3n) is 5.41. The molecule has 3 rings (SSSR count). The van der Waals surface area contributed by atoms with Crippen LogP contribution in [-0.2, 0) is 11.2 Å². The first-order chi connectivity index (χ1) is 11.5. The van der Waals surface area contributed by atoms with E-state index in [1.54, 1.807) is 0 Å². The minimum Gasteiger partial charge on any atom is -0.356 e. The van der Waals surface area contributed by atoms with Crippen molar-refractivity contribution in [2.75, 3.05) is 38.1 Å². The molecule has 1 atom stereocenters. The fourth-order valence-corrected chi connectivity index (χ4v) is 3.90. The van der Waals surface area contributed by atoms with E-state index in [-0.39, 0.29) is 11.4 Å². The Morgan fingerprint density at radius 1 is 1.29 bits per heavy atom. The third kappa shape index (κ3) is 3.53. The van der Waals surface area contributed by atoms with Crippen LogP contribution in [0.4, 0.5) is 5.82 Å². The smallest absolute Gasteiger partial charge is 0.220 e. The van der Waals surface area contributed by atoms with Crippen LogP contribution in [0.1, 0.15) is 44.1 Å². The molecule has 0 radical (unpaired) electrons. The Bertz CT molecular complexity index is 605. The maximum absolute atomic E-state index is 11.8. The first-order valence-corrected chi connectivity index (χ1v) is 9.10. The summed E-state index contributed by atoms with van der Waals surface area (Å²) in [7, 11) is 2.20. The highest BCUT2D eigenvalue weighted by Gasteiger charge is 2.41. The molecule has 2 fully saturated rings. The number of nitrogens with one attached hydrogen (secondary N) is 1. The molecule has 6 heteroatoms. The molecule has 1 spiro atoms. The molecule has 24 heavy (non-hydrogen) atoms. The molecule has 1 amide bonds. The number of anilines is 1. The Morgan fingerprint density at radius 2 is 2.12 bits per heavy atom. The number of rotatable bonds is 3. The van der Waals surface area contributed by atoms with Gasteiger partial charge in [-0.05, 0) is 33.2 Å². The minimum absolute atomic E-state index is 0.0567. The number of amides is 1. The second-order valence-electron chi connectivity index (χ2n) is 7.20. The van der Waals surface area contributed by atoms with Crippen molar-refractivity contribution in [3.63, 3.8) is 0 Å². The van der Waals surface area contributed by atoms with Crippen molar-refractivity contribution in [1.29, 1.82) is 0 Å². The molecule has 2 aliphatic rings. The van der Waals surface area contributed by atoms with Crippen LogP contribution in [0.3, 0.4) is 0 Å². The van der Waals surface area contributed by atoms with Crippen molar-refractivity contribution in [3.05, 3.63) is 17.6 Å². The van der Waals surface area contributed by atoms with Crippen molar-refractivity contribution in [1.82, 2.24) is 20.2 Å². The molecule has 1 aromatic rings. The second kappa shape index (κ2) is 7.05.